The van der Waals surface area contributed by atoms with Gasteiger partial charge in [0.25, 0.3) is 0 Å². The molecule has 3 unspecified atom stereocenters. The van der Waals surface area contributed by atoms with Gasteiger partial charge in [0.1, 0.15) is 23.5 Å². The lowest BCUT2D eigenvalue weighted by atomic mass is 10.0. The number of carboxylic acid groups (broad SMARTS) is 1. The maximum Gasteiger partial charge on any atom is 0.339 e. The second kappa shape index (κ2) is 7.79. The molecule has 1 aliphatic rings. The predicted molar refractivity (Wildman–Crippen MR) is 72.9 cm³/mol. The van der Waals surface area contributed by atoms with E-state index in [9.17, 15) is 4.79 Å². The summed E-state index contributed by atoms with van der Waals surface area (Å²) in [7, 11) is 0. The third-order valence-corrected chi connectivity index (χ3v) is 2.95. The first kappa shape index (κ1) is 17.2. The zero-order chi connectivity index (χ0) is 16.0. The first-order valence-electron chi connectivity index (χ1n) is 6.27. The molecule has 1 fully saturated rings. The molecule has 0 amide bonds. The van der Waals surface area contributed by atoms with Crippen LogP contribution >= 0.6 is 0 Å². The molecule has 0 aromatic heterocycles. The lowest BCUT2D eigenvalue weighted by molar-refractivity contribution is -0.147. The Morgan fingerprint density at radius 3 is 2.52 bits per heavy atom. The number of benzene rings is 1. The minimum atomic E-state index is -1.19. The van der Waals surface area contributed by atoms with Crippen molar-refractivity contribution in [2.24, 2.45) is 0 Å². The molecule has 0 spiro atoms. The number of ether oxygens (including phenoxy) is 1. The van der Waals surface area contributed by atoms with E-state index in [1.165, 1.54) is 18.2 Å². The third-order valence-electron chi connectivity index (χ3n) is 2.95. The van der Waals surface area contributed by atoms with Crippen LogP contribution in [0.4, 0.5) is 5.69 Å². The number of anilines is 1. The van der Waals surface area contributed by atoms with Crippen LogP contribution in [-0.4, -0.2) is 63.0 Å². The van der Waals surface area contributed by atoms with Gasteiger partial charge in [-0.2, -0.15) is 0 Å². The Labute approximate surface area is 121 Å². The van der Waals surface area contributed by atoms with Gasteiger partial charge in [0.2, 0.25) is 0 Å². The minimum absolute atomic E-state index is 0.176. The lowest BCUT2D eigenvalue weighted by Gasteiger charge is -2.30. The van der Waals surface area contributed by atoms with E-state index in [4.69, 9.17) is 36.0 Å². The number of nitrogens with two attached hydrogens (primary N) is 1. The van der Waals surface area contributed by atoms with E-state index in [2.05, 4.69) is 0 Å². The molecule has 118 valence electrons. The number of rotatable bonds is 2. The molecule has 1 aliphatic heterocycles. The van der Waals surface area contributed by atoms with Gasteiger partial charge in [-0.25, -0.2) is 4.79 Å². The van der Waals surface area contributed by atoms with Crippen molar-refractivity contribution in [3.05, 3.63) is 23.8 Å². The number of aromatic hydroxyl groups is 1. The Hall–Kier alpha value is -1.87. The predicted octanol–water partition coefficient (Wildman–Crippen LogP) is -0.838. The van der Waals surface area contributed by atoms with E-state index in [0.29, 0.717) is 18.7 Å². The largest absolute Gasteiger partial charge is 0.507 e. The number of aliphatic hydroxyl groups excluding tert-OH is 3. The summed E-state index contributed by atoms with van der Waals surface area (Å²) in [5.41, 5.74) is 5.43. The molecule has 2 rings (SSSR count). The fourth-order valence-corrected chi connectivity index (χ4v) is 1.74. The first-order chi connectivity index (χ1) is 9.86. The summed E-state index contributed by atoms with van der Waals surface area (Å²) in [5, 5.41) is 44.2. The highest BCUT2D eigenvalue weighted by Gasteiger charge is 2.30. The van der Waals surface area contributed by atoms with Crippen LogP contribution in [0.2, 0.25) is 0 Å². The van der Waals surface area contributed by atoms with Crippen molar-refractivity contribution in [1.29, 1.82) is 0 Å². The molecule has 0 radical (unpaired) electrons. The summed E-state index contributed by atoms with van der Waals surface area (Å²) in [6.07, 6.45) is -1.84. The summed E-state index contributed by atoms with van der Waals surface area (Å²) >= 11 is 0. The minimum Gasteiger partial charge on any atom is -0.507 e. The molecular formula is C13H19NO7. The summed E-state index contributed by atoms with van der Waals surface area (Å²) in [6.45, 7) is 0.168. The Morgan fingerprint density at radius 1 is 1.38 bits per heavy atom. The average molecular weight is 301 g/mol. The molecule has 3 atom stereocenters. The van der Waals surface area contributed by atoms with Gasteiger partial charge < -0.3 is 36.0 Å². The summed E-state index contributed by atoms with van der Waals surface area (Å²) in [6, 6.07) is 3.89. The van der Waals surface area contributed by atoms with Gasteiger partial charge >= 0.3 is 5.97 Å². The molecule has 1 aromatic rings. The first-order valence-corrected chi connectivity index (χ1v) is 6.27. The van der Waals surface area contributed by atoms with E-state index < -0.39 is 24.3 Å². The SMILES string of the molecule is Nc1ccc(O)c(C(=O)O)c1.OCC1OCCC(O)C1O. The summed E-state index contributed by atoms with van der Waals surface area (Å²) in [5.74, 6) is -1.46. The van der Waals surface area contributed by atoms with Crippen LogP contribution in [0.5, 0.6) is 5.75 Å². The second-order valence-corrected chi connectivity index (χ2v) is 4.52. The second-order valence-electron chi connectivity index (χ2n) is 4.52. The molecule has 7 N–H and O–H groups in total. The third kappa shape index (κ3) is 4.87. The number of carbonyl (C=O) groups is 1. The van der Waals surface area contributed by atoms with Gasteiger partial charge in [-0.1, -0.05) is 0 Å². The topological polar surface area (TPSA) is 153 Å². The molecule has 21 heavy (non-hydrogen) atoms. The zero-order valence-electron chi connectivity index (χ0n) is 11.2. The molecule has 8 nitrogen and oxygen atoms in total. The van der Waals surface area contributed by atoms with Crippen LogP contribution in [0.25, 0.3) is 0 Å². The van der Waals surface area contributed by atoms with Gasteiger partial charge in [-0.05, 0) is 24.6 Å². The Kier molecular flexibility index (Phi) is 6.38. The number of hydrogen-bond acceptors (Lipinski definition) is 7. The van der Waals surface area contributed by atoms with Gasteiger partial charge in [-0.15, -0.1) is 0 Å². The van der Waals surface area contributed by atoms with Gasteiger partial charge in [0.05, 0.1) is 12.7 Å². The van der Waals surface area contributed by atoms with Crippen molar-refractivity contribution >= 4 is 11.7 Å². The van der Waals surface area contributed by atoms with Crippen LogP contribution in [0.15, 0.2) is 18.2 Å². The van der Waals surface area contributed by atoms with E-state index in [1.807, 2.05) is 0 Å². The van der Waals surface area contributed by atoms with Crippen molar-refractivity contribution < 1.29 is 35.1 Å². The van der Waals surface area contributed by atoms with Crippen LogP contribution < -0.4 is 5.73 Å². The van der Waals surface area contributed by atoms with Gasteiger partial charge in [0, 0.05) is 12.3 Å². The lowest BCUT2D eigenvalue weighted by Crippen LogP contribution is -2.46. The zero-order valence-corrected chi connectivity index (χ0v) is 11.2. The average Bonchev–Trinajstić information content (AvgIpc) is 2.45. The normalized spacial score (nSPS) is 24.8. The smallest absolute Gasteiger partial charge is 0.339 e. The van der Waals surface area contributed by atoms with Crippen LogP contribution in [0.3, 0.4) is 0 Å². The molecule has 1 heterocycles. The maximum absolute atomic E-state index is 10.4. The standard InChI is InChI=1S/C7H7NO3.C6H12O4/c8-4-1-2-6(9)5(3-4)7(10)11;7-3-5-6(9)4(8)1-2-10-5/h1-3,9H,8H2,(H,10,11);4-9H,1-3H2. The molecule has 0 aliphatic carbocycles. The van der Waals surface area contributed by atoms with Crippen molar-refractivity contribution in [1.82, 2.24) is 0 Å². The highest BCUT2D eigenvalue weighted by Crippen LogP contribution is 2.19. The fraction of sp³-hybridized carbons (Fsp3) is 0.462. The molecule has 1 aromatic carbocycles. The van der Waals surface area contributed by atoms with Crippen molar-refractivity contribution in [3.8, 4) is 5.75 Å². The molecule has 0 bridgehead atoms. The van der Waals surface area contributed by atoms with Crippen LogP contribution in [0, 0.1) is 0 Å². The fourth-order valence-electron chi connectivity index (χ4n) is 1.74. The number of aliphatic hydroxyl groups is 3. The van der Waals surface area contributed by atoms with E-state index in [0.717, 1.165) is 0 Å². The number of aromatic carboxylic acids is 1. The van der Waals surface area contributed by atoms with Crippen LogP contribution in [-0.2, 0) is 4.74 Å². The monoisotopic (exact) mass is 301 g/mol. The van der Waals surface area contributed by atoms with Crippen LogP contribution in [0.1, 0.15) is 16.8 Å². The molecule has 1 saturated heterocycles. The van der Waals surface area contributed by atoms with Gasteiger partial charge in [0.15, 0.2) is 0 Å². The highest BCUT2D eigenvalue weighted by molar-refractivity contribution is 5.91. The maximum atomic E-state index is 10.4. The number of nitrogen functional groups attached to an aromatic ring is 1. The van der Waals surface area contributed by atoms with Gasteiger partial charge in [-0.3, -0.25) is 0 Å². The summed E-state index contributed by atoms with van der Waals surface area (Å²) < 4.78 is 4.95. The van der Waals surface area contributed by atoms with E-state index >= 15 is 0 Å². The Bertz CT molecular complexity index is 480. The number of hydrogen-bond donors (Lipinski definition) is 6. The Morgan fingerprint density at radius 2 is 2.05 bits per heavy atom. The summed E-state index contributed by atoms with van der Waals surface area (Å²) in [4.78, 5) is 10.4. The molecular weight excluding hydrogens is 282 g/mol. The quantitative estimate of drug-likeness (QED) is 0.305. The number of phenols is 1. The molecule has 0 saturated carbocycles. The van der Waals surface area contributed by atoms with E-state index in [-0.39, 0.29) is 17.9 Å². The van der Waals surface area contributed by atoms with Crippen molar-refractivity contribution in [2.75, 3.05) is 18.9 Å². The van der Waals surface area contributed by atoms with Crippen molar-refractivity contribution in [2.45, 2.75) is 24.7 Å². The Balaban J connectivity index is 0.000000211. The van der Waals surface area contributed by atoms with Crippen molar-refractivity contribution in [3.63, 3.8) is 0 Å². The molecule has 8 heteroatoms. The number of carboxylic acids is 1. The highest BCUT2D eigenvalue weighted by atomic mass is 16.5. The van der Waals surface area contributed by atoms with E-state index in [1.54, 1.807) is 0 Å².